The zero-order valence-electron chi connectivity index (χ0n) is 4.84. The Hall–Kier alpha value is -0.0800. The normalized spacial score (nSPS) is 52.9. The Kier molecular flexibility index (Phi) is 0.866. The summed E-state index contributed by atoms with van der Waals surface area (Å²) in [6.45, 7) is 0. The van der Waals surface area contributed by atoms with Crippen LogP contribution >= 0.6 is 0 Å². The highest BCUT2D eigenvalue weighted by atomic mass is 16.5. The highest BCUT2D eigenvalue weighted by Gasteiger charge is 2.38. The van der Waals surface area contributed by atoms with Crippen LogP contribution in [0.15, 0.2) is 0 Å². The first-order chi connectivity index (χ1) is 3.86. The molecular weight excluding hydrogens is 102 g/mol. The van der Waals surface area contributed by atoms with Crippen molar-refractivity contribution in [2.75, 3.05) is 0 Å². The summed E-state index contributed by atoms with van der Waals surface area (Å²) in [5, 5.41) is 0. The molecule has 3 atom stereocenters. The van der Waals surface area contributed by atoms with Gasteiger partial charge in [-0.1, -0.05) is 0 Å². The van der Waals surface area contributed by atoms with Gasteiger partial charge in [-0.3, -0.25) is 0 Å². The monoisotopic (exact) mass is 113 g/mol. The fourth-order valence-corrected chi connectivity index (χ4v) is 1.68. The van der Waals surface area contributed by atoms with E-state index in [4.69, 9.17) is 10.5 Å². The molecule has 0 aromatic heterocycles. The molecule has 0 unspecified atom stereocenters. The van der Waals surface area contributed by atoms with Crippen LogP contribution in [0.25, 0.3) is 0 Å². The van der Waals surface area contributed by atoms with Gasteiger partial charge in [-0.25, -0.2) is 0 Å². The molecule has 0 saturated carbocycles. The largest absolute Gasteiger partial charge is 0.373 e. The molecule has 0 aromatic carbocycles. The Morgan fingerprint density at radius 2 is 2.25 bits per heavy atom. The van der Waals surface area contributed by atoms with Gasteiger partial charge < -0.3 is 10.5 Å². The summed E-state index contributed by atoms with van der Waals surface area (Å²) in [7, 11) is 0. The predicted octanol–water partition coefficient (Wildman–Crippen LogP) is 0.265. The fraction of sp³-hybridized carbons (Fsp3) is 1.00. The molecule has 2 N–H and O–H groups in total. The van der Waals surface area contributed by atoms with E-state index in [2.05, 4.69) is 0 Å². The lowest BCUT2D eigenvalue weighted by Gasteiger charge is -2.11. The SMILES string of the molecule is N[C@H]1C[C@@H]2CC[C@H]1O2. The van der Waals surface area contributed by atoms with E-state index in [9.17, 15) is 0 Å². The molecule has 2 heteroatoms. The molecule has 2 saturated heterocycles. The number of hydrogen-bond acceptors (Lipinski definition) is 2. The predicted molar refractivity (Wildman–Crippen MR) is 30.5 cm³/mol. The van der Waals surface area contributed by atoms with E-state index in [1.54, 1.807) is 0 Å². The van der Waals surface area contributed by atoms with Gasteiger partial charge in [0.2, 0.25) is 0 Å². The number of nitrogens with two attached hydrogens (primary N) is 1. The van der Waals surface area contributed by atoms with Crippen molar-refractivity contribution >= 4 is 0 Å². The van der Waals surface area contributed by atoms with E-state index in [1.165, 1.54) is 12.8 Å². The molecule has 2 fully saturated rings. The zero-order chi connectivity index (χ0) is 5.56. The van der Waals surface area contributed by atoms with Crippen LogP contribution < -0.4 is 5.73 Å². The van der Waals surface area contributed by atoms with E-state index in [-0.39, 0.29) is 0 Å². The number of fused-ring (bicyclic) bond motifs is 2. The van der Waals surface area contributed by atoms with E-state index < -0.39 is 0 Å². The highest BCUT2D eigenvalue weighted by Crippen LogP contribution is 2.32. The minimum atomic E-state index is 0.355. The summed E-state index contributed by atoms with van der Waals surface area (Å²) < 4.78 is 5.46. The Morgan fingerprint density at radius 3 is 2.50 bits per heavy atom. The Balaban J connectivity index is 2.11. The quantitative estimate of drug-likeness (QED) is 0.489. The van der Waals surface area contributed by atoms with E-state index in [0.717, 1.165) is 6.42 Å². The maximum atomic E-state index is 5.69. The molecule has 2 aliphatic rings. The molecule has 2 rings (SSSR count). The molecule has 0 aliphatic carbocycles. The van der Waals surface area contributed by atoms with Gasteiger partial charge in [0.1, 0.15) is 0 Å². The minimum absolute atomic E-state index is 0.355. The van der Waals surface area contributed by atoms with Crippen molar-refractivity contribution in [3.63, 3.8) is 0 Å². The van der Waals surface area contributed by atoms with Gasteiger partial charge in [-0.2, -0.15) is 0 Å². The summed E-state index contributed by atoms with van der Waals surface area (Å²) in [4.78, 5) is 0. The first kappa shape index (κ1) is 4.77. The molecule has 0 aromatic rings. The summed E-state index contributed by atoms with van der Waals surface area (Å²) in [5.41, 5.74) is 5.69. The van der Waals surface area contributed by atoms with Gasteiger partial charge in [-0.05, 0) is 19.3 Å². The maximum absolute atomic E-state index is 5.69. The van der Waals surface area contributed by atoms with Gasteiger partial charge in [0.25, 0.3) is 0 Å². The van der Waals surface area contributed by atoms with Crippen molar-refractivity contribution in [1.29, 1.82) is 0 Å². The molecule has 0 amide bonds. The van der Waals surface area contributed by atoms with Crippen LogP contribution in [-0.4, -0.2) is 18.2 Å². The third-order valence-corrected chi connectivity index (χ3v) is 2.15. The fourth-order valence-electron chi connectivity index (χ4n) is 1.68. The van der Waals surface area contributed by atoms with Crippen LogP contribution in [0.4, 0.5) is 0 Å². The molecular formula is C6H11NO. The molecule has 2 aliphatic heterocycles. The van der Waals surface area contributed by atoms with Crippen molar-refractivity contribution in [3.05, 3.63) is 0 Å². The van der Waals surface area contributed by atoms with E-state index >= 15 is 0 Å². The van der Waals surface area contributed by atoms with Crippen LogP contribution in [0.1, 0.15) is 19.3 Å². The maximum Gasteiger partial charge on any atom is 0.0731 e. The van der Waals surface area contributed by atoms with Crippen LogP contribution in [0.3, 0.4) is 0 Å². The first-order valence-electron chi connectivity index (χ1n) is 3.27. The van der Waals surface area contributed by atoms with Crippen molar-refractivity contribution in [3.8, 4) is 0 Å². The molecule has 46 valence electrons. The van der Waals surface area contributed by atoms with Crippen LogP contribution in [0, 0.1) is 0 Å². The molecule has 2 nitrogen and oxygen atoms in total. The topological polar surface area (TPSA) is 35.2 Å². The lowest BCUT2D eigenvalue weighted by molar-refractivity contribution is 0.101. The van der Waals surface area contributed by atoms with E-state index in [0.29, 0.717) is 18.2 Å². The number of rotatable bonds is 0. The summed E-state index contributed by atoms with van der Waals surface area (Å²) in [6.07, 6.45) is 4.49. The van der Waals surface area contributed by atoms with Crippen molar-refractivity contribution in [1.82, 2.24) is 0 Å². The van der Waals surface area contributed by atoms with Crippen LogP contribution in [0.2, 0.25) is 0 Å². The average molecular weight is 113 g/mol. The van der Waals surface area contributed by atoms with Gasteiger partial charge in [0, 0.05) is 6.04 Å². The van der Waals surface area contributed by atoms with Crippen LogP contribution in [0.5, 0.6) is 0 Å². The summed E-state index contributed by atoms with van der Waals surface area (Å²) in [5.74, 6) is 0. The van der Waals surface area contributed by atoms with Gasteiger partial charge >= 0.3 is 0 Å². The third kappa shape index (κ3) is 0.501. The van der Waals surface area contributed by atoms with Gasteiger partial charge in [0.15, 0.2) is 0 Å². The van der Waals surface area contributed by atoms with Gasteiger partial charge in [-0.15, -0.1) is 0 Å². The second kappa shape index (κ2) is 1.45. The Morgan fingerprint density at radius 1 is 1.38 bits per heavy atom. The number of hydrogen-bond donors (Lipinski definition) is 1. The van der Waals surface area contributed by atoms with Crippen molar-refractivity contribution in [2.24, 2.45) is 5.73 Å². The molecule has 8 heavy (non-hydrogen) atoms. The smallest absolute Gasteiger partial charge is 0.0731 e. The second-order valence-corrected chi connectivity index (χ2v) is 2.77. The summed E-state index contributed by atoms with van der Waals surface area (Å²) in [6, 6.07) is 0.355. The average Bonchev–Trinajstić information content (AvgIpc) is 2.23. The molecule has 2 bridgehead atoms. The highest BCUT2D eigenvalue weighted by molar-refractivity contribution is 4.91. The summed E-state index contributed by atoms with van der Waals surface area (Å²) >= 11 is 0. The minimum Gasteiger partial charge on any atom is -0.373 e. The first-order valence-corrected chi connectivity index (χ1v) is 3.27. The zero-order valence-corrected chi connectivity index (χ0v) is 4.84. The molecule has 0 spiro atoms. The Labute approximate surface area is 49.0 Å². The second-order valence-electron chi connectivity index (χ2n) is 2.77. The van der Waals surface area contributed by atoms with E-state index in [1.807, 2.05) is 0 Å². The van der Waals surface area contributed by atoms with Crippen molar-refractivity contribution in [2.45, 2.75) is 37.5 Å². The van der Waals surface area contributed by atoms with Gasteiger partial charge in [0.05, 0.1) is 12.2 Å². The van der Waals surface area contributed by atoms with Crippen LogP contribution in [-0.2, 0) is 4.74 Å². The lowest BCUT2D eigenvalue weighted by atomic mass is 9.97. The number of ether oxygens (including phenoxy) is 1. The molecule has 2 heterocycles. The standard InChI is InChI=1S/C6H11NO/c7-5-3-4-1-2-6(5)8-4/h4-6H,1-3,7H2/t4-,5-,6+/m0/s1. The third-order valence-electron chi connectivity index (χ3n) is 2.15. The lowest BCUT2D eigenvalue weighted by Crippen LogP contribution is -2.30. The Bertz CT molecular complexity index is 103. The molecule has 0 radical (unpaired) electrons. The van der Waals surface area contributed by atoms with Crippen molar-refractivity contribution < 1.29 is 4.74 Å².